The van der Waals surface area contributed by atoms with Crippen molar-refractivity contribution >= 4 is 42.2 Å². The molecule has 0 saturated carbocycles. The summed E-state index contributed by atoms with van der Waals surface area (Å²) in [5.41, 5.74) is 0. The lowest BCUT2D eigenvalue weighted by molar-refractivity contribution is -0.142. The van der Waals surface area contributed by atoms with Crippen LogP contribution in [0.25, 0.3) is 0 Å². The first-order valence-corrected chi connectivity index (χ1v) is 10.3. The van der Waals surface area contributed by atoms with Crippen LogP contribution >= 0.6 is 12.6 Å². The number of carbonyl (C=O) groups excluding carboxylic acids is 4. The van der Waals surface area contributed by atoms with E-state index < -0.39 is 73.0 Å². The highest BCUT2D eigenvalue weighted by Gasteiger charge is 2.41. The molecule has 2 aliphatic rings. The standard InChI is InChI=1S/C17H27N5O8S/c23-8-1-10(18-3-8)15(28)19-4-13(25)21-11(7-31)17(30)22-6-9(24)2-12(22)16(29)20-5-14(26)27/h8-12,18,23-24,31H,1-7H2,(H,19,28)(H,20,29)(H,21,25)(H,26,27)/t8-,9-,10+,11+,12+/m1/s1. The second-order valence-electron chi connectivity index (χ2n) is 7.38. The molecule has 13 nitrogen and oxygen atoms in total. The molecule has 0 unspecified atom stereocenters. The number of likely N-dealkylation sites (tertiary alicyclic amines) is 1. The van der Waals surface area contributed by atoms with Crippen LogP contribution in [0, 0.1) is 0 Å². The Hall–Kier alpha value is -2.42. The van der Waals surface area contributed by atoms with Crippen LogP contribution in [0.15, 0.2) is 0 Å². The molecule has 2 rings (SSSR count). The maximum absolute atomic E-state index is 12.8. The van der Waals surface area contributed by atoms with Crippen LogP contribution in [0.3, 0.4) is 0 Å². The fraction of sp³-hybridized carbons (Fsp3) is 0.706. The van der Waals surface area contributed by atoms with Crippen molar-refractivity contribution in [2.45, 2.75) is 43.2 Å². The third kappa shape index (κ3) is 7.05. The monoisotopic (exact) mass is 461 g/mol. The first-order valence-electron chi connectivity index (χ1n) is 9.69. The maximum atomic E-state index is 12.8. The van der Waals surface area contributed by atoms with Gasteiger partial charge in [0.1, 0.15) is 18.6 Å². The van der Waals surface area contributed by atoms with E-state index in [0.717, 1.165) is 4.90 Å². The molecule has 0 spiro atoms. The summed E-state index contributed by atoms with van der Waals surface area (Å²) in [7, 11) is 0. The van der Waals surface area contributed by atoms with E-state index >= 15 is 0 Å². The molecule has 0 aliphatic carbocycles. The van der Waals surface area contributed by atoms with Crippen molar-refractivity contribution in [2.24, 2.45) is 0 Å². The normalized spacial score (nSPS) is 26.2. The van der Waals surface area contributed by atoms with Crippen molar-refractivity contribution in [3.05, 3.63) is 0 Å². The minimum Gasteiger partial charge on any atom is -0.480 e. The number of carbonyl (C=O) groups is 5. The van der Waals surface area contributed by atoms with Gasteiger partial charge in [-0.1, -0.05) is 0 Å². The third-order valence-electron chi connectivity index (χ3n) is 4.94. The maximum Gasteiger partial charge on any atom is 0.322 e. The number of carboxylic acid groups (broad SMARTS) is 1. The molecule has 2 saturated heterocycles. The number of β-amino-alcohol motifs (C(OH)–C–C–N with tert-alkyl or cyclic N) is 2. The van der Waals surface area contributed by atoms with Gasteiger partial charge in [-0.2, -0.15) is 12.6 Å². The number of hydrogen-bond acceptors (Lipinski definition) is 9. The molecule has 7 N–H and O–H groups in total. The molecular weight excluding hydrogens is 434 g/mol. The van der Waals surface area contributed by atoms with Crippen molar-refractivity contribution in [1.82, 2.24) is 26.2 Å². The molecule has 2 fully saturated rings. The Morgan fingerprint density at radius 1 is 1.03 bits per heavy atom. The van der Waals surface area contributed by atoms with Gasteiger partial charge in [0.2, 0.25) is 23.6 Å². The molecule has 5 atom stereocenters. The molecule has 174 valence electrons. The Kier molecular flexibility index (Phi) is 9.03. The summed E-state index contributed by atoms with van der Waals surface area (Å²) in [6.45, 7) is -0.914. The van der Waals surface area contributed by atoms with Crippen molar-refractivity contribution in [2.75, 3.05) is 31.9 Å². The van der Waals surface area contributed by atoms with Gasteiger partial charge in [0.25, 0.3) is 0 Å². The first-order chi connectivity index (χ1) is 14.6. The van der Waals surface area contributed by atoms with Gasteiger partial charge in [0.05, 0.1) is 24.8 Å². The van der Waals surface area contributed by atoms with Crippen molar-refractivity contribution in [3.63, 3.8) is 0 Å². The second kappa shape index (κ2) is 11.3. The zero-order valence-electron chi connectivity index (χ0n) is 16.6. The fourth-order valence-corrected chi connectivity index (χ4v) is 3.67. The number of hydrogen-bond donors (Lipinski definition) is 8. The topological polar surface area (TPSA) is 197 Å². The van der Waals surface area contributed by atoms with Crippen molar-refractivity contribution in [1.29, 1.82) is 0 Å². The van der Waals surface area contributed by atoms with E-state index in [1.54, 1.807) is 0 Å². The number of aliphatic hydroxyl groups is 2. The minimum atomic E-state index is -1.25. The van der Waals surface area contributed by atoms with Gasteiger partial charge in [-0.3, -0.25) is 24.0 Å². The van der Waals surface area contributed by atoms with E-state index in [0.29, 0.717) is 0 Å². The lowest BCUT2D eigenvalue weighted by Gasteiger charge is -2.27. The highest BCUT2D eigenvalue weighted by Crippen LogP contribution is 2.19. The van der Waals surface area contributed by atoms with Crippen molar-refractivity contribution < 1.29 is 39.3 Å². The summed E-state index contributed by atoms with van der Waals surface area (Å²) in [5, 5.41) is 37.8. The number of rotatable bonds is 9. The number of aliphatic carboxylic acids is 1. The summed E-state index contributed by atoms with van der Waals surface area (Å²) < 4.78 is 0. The Labute approximate surface area is 183 Å². The van der Waals surface area contributed by atoms with E-state index in [-0.39, 0.29) is 31.7 Å². The van der Waals surface area contributed by atoms with Crippen LogP contribution in [0.1, 0.15) is 12.8 Å². The van der Waals surface area contributed by atoms with E-state index in [1.807, 2.05) is 0 Å². The summed E-state index contributed by atoms with van der Waals surface area (Å²) >= 11 is 4.06. The van der Waals surface area contributed by atoms with Gasteiger partial charge in [0, 0.05) is 25.3 Å². The molecule has 4 amide bonds. The van der Waals surface area contributed by atoms with Crippen LogP contribution in [0.4, 0.5) is 0 Å². The molecule has 0 aromatic heterocycles. The SMILES string of the molecule is O=C(O)CNC(=O)[C@@H]1C[C@@H](O)CN1C(=O)[C@H](CS)NC(=O)CNC(=O)[C@@H]1C[C@@H](O)CN1. The smallest absolute Gasteiger partial charge is 0.322 e. The van der Waals surface area contributed by atoms with Gasteiger partial charge >= 0.3 is 5.97 Å². The molecule has 2 aliphatic heterocycles. The Morgan fingerprint density at radius 2 is 1.71 bits per heavy atom. The summed E-state index contributed by atoms with van der Waals surface area (Å²) in [5.74, 6) is -3.87. The van der Waals surface area contributed by atoms with Crippen LogP contribution in [-0.4, -0.2) is 112 Å². The van der Waals surface area contributed by atoms with Gasteiger partial charge in [-0.05, 0) is 6.42 Å². The van der Waals surface area contributed by atoms with E-state index in [9.17, 15) is 34.2 Å². The number of carboxylic acids is 1. The molecule has 0 aromatic rings. The summed E-state index contributed by atoms with van der Waals surface area (Å²) in [4.78, 5) is 60.9. The second-order valence-corrected chi connectivity index (χ2v) is 7.74. The Balaban J connectivity index is 1.90. The number of aliphatic hydroxyl groups excluding tert-OH is 2. The van der Waals surface area contributed by atoms with Crippen molar-refractivity contribution in [3.8, 4) is 0 Å². The molecule has 2 heterocycles. The van der Waals surface area contributed by atoms with E-state index in [1.165, 1.54) is 0 Å². The molecular formula is C17H27N5O8S. The predicted octanol–water partition coefficient (Wildman–Crippen LogP) is -4.60. The molecule has 0 radical (unpaired) electrons. The van der Waals surface area contributed by atoms with Gasteiger partial charge in [0.15, 0.2) is 0 Å². The van der Waals surface area contributed by atoms with Gasteiger partial charge in [-0.25, -0.2) is 0 Å². The fourth-order valence-electron chi connectivity index (χ4n) is 3.42. The molecule has 14 heteroatoms. The third-order valence-corrected chi connectivity index (χ3v) is 5.31. The number of thiol groups is 1. The zero-order valence-corrected chi connectivity index (χ0v) is 17.5. The molecule has 0 aromatic carbocycles. The lowest BCUT2D eigenvalue weighted by atomic mass is 10.1. The molecule has 31 heavy (non-hydrogen) atoms. The zero-order chi connectivity index (χ0) is 23.1. The summed E-state index contributed by atoms with van der Waals surface area (Å²) in [6.07, 6.45) is -1.45. The van der Waals surface area contributed by atoms with Crippen LogP contribution < -0.4 is 21.3 Å². The highest BCUT2D eigenvalue weighted by atomic mass is 32.1. The average molecular weight is 461 g/mol. The highest BCUT2D eigenvalue weighted by molar-refractivity contribution is 7.80. The van der Waals surface area contributed by atoms with E-state index in [2.05, 4.69) is 33.9 Å². The largest absolute Gasteiger partial charge is 0.480 e. The van der Waals surface area contributed by atoms with Crippen LogP contribution in [0.2, 0.25) is 0 Å². The molecule has 0 bridgehead atoms. The predicted molar refractivity (Wildman–Crippen MR) is 108 cm³/mol. The number of amides is 4. The quantitative estimate of drug-likeness (QED) is 0.156. The lowest BCUT2D eigenvalue weighted by Crippen LogP contribution is -2.56. The van der Waals surface area contributed by atoms with E-state index in [4.69, 9.17) is 5.11 Å². The van der Waals surface area contributed by atoms with Gasteiger partial charge < -0.3 is 41.5 Å². The summed E-state index contributed by atoms with van der Waals surface area (Å²) in [6, 6.07) is -2.82. The Bertz CT molecular complexity index is 723. The first kappa shape index (κ1) is 24.8. The van der Waals surface area contributed by atoms with Gasteiger partial charge in [-0.15, -0.1) is 0 Å². The van der Waals surface area contributed by atoms with Crippen LogP contribution in [0.5, 0.6) is 0 Å². The number of nitrogens with zero attached hydrogens (tertiary/aromatic N) is 1. The minimum absolute atomic E-state index is 0.0687. The van der Waals surface area contributed by atoms with Crippen LogP contribution in [-0.2, 0) is 24.0 Å². The number of nitrogens with one attached hydrogen (secondary N) is 4. The Morgan fingerprint density at radius 3 is 2.29 bits per heavy atom. The average Bonchev–Trinajstić information content (AvgIpc) is 3.33.